The van der Waals surface area contributed by atoms with E-state index in [1.165, 1.54) is 16.3 Å². The first kappa shape index (κ1) is 34.8. The van der Waals surface area contributed by atoms with E-state index in [2.05, 4.69) is 121 Å². The molecule has 0 bridgehead atoms. The molecule has 3 heterocycles. The van der Waals surface area contributed by atoms with Crippen molar-refractivity contribution in [3.63, 3.8) is 0 Å². The number of hydrogen-bond donors (Lipinski definition) is 0. The molecule has 0 atom stereocenters. The molecule has 0 aliphatic rings. The predicted octanol–water partition coefficient (Wildman–Crippen LogP) is 12.0. The van der Waals surface area contributed by atoms with E-state index < -0.39 is 7.14 Å². The highest BCUT2D eigenvalue weighted by atomic mass is 31.2. The van der Waals surface area contributed by atoms with Crippen molar-refractivity contribution in [3.8, 4) is 23.0 Å². The van der Waals surface area contributed by atoms with Crippen LogP contribution in [0, 0.1) is 0 Å². The minimum Gasteiger partial charge on any atom is -0.457 e. The van der Waals surface area contributed by atoms with Crippen LogP contribution in [-0.4, -0.2) is 14.1 Å². The summed E-state index contributed by atoms with van der Waals surface area (Å²) in [4.78, 5) is 4.99. The van der Waals surface area contributed by atoms with Crippen molar-refractivity contribution in [2.24, 2.45) is 0 Å². The van der Waals surface area contributed by atoms with Crippen molar-refractivity contribution in [1.82, 2.24) is 14.1 Å². The lowest BCUT2D eigenvalue weighted by Gasteiger charge is -2.20. The van der Waals surface area contributed by atoms with E-state index in [0.717, 1.165) is 55.0 Å². The molecule has 0 amide bonds. The van der Waals surface area contributed by atoms with Gasteiger partial charge in [0.25, 0.3) is 0 Å². The Kier molecular flexibility index (Phi) is 8.25. The molecule has 0 fully saturated rings. The molecule has 0 saturated carbocycles. The lowest BCUT2D eigenvalue weighted by molar-refractivity contribution is 0.483. The summed E-state index contributed by atoms with van der Waals surface area (Å²) >= 11 is 0. The highest BCUT2D eigenvalue weighted by molar-refractivity contribution is 7.85. The van der Waals surface area contributed by atoms with Crippen LogP contribution in [0.3, 0.4) is 0 Å². The molecule has 0 aliphatic heterocycles. The first-order chi connectivity index (χ1) is 27.8. The molecule has 7 aromatic carbocycles. The van der Waals surface area contributed by atoms with Gasteiger partial charge >= 0.3 is 0 Å². The molecule has 276 valence electrons. The minimum atomic E-state index is -3.19. The van der Waals surface area contributed by atoms with Crippen LogP contribution in [0.1, 0.15) is 26.3 Å². The fourth-order valence-electron chi connectivity index (χ4n) is 8.30. The van der Waals surface area contributed by atoms with Crippen LogP contribution in [0.25, 0.3) is 55.1 Å². The number of benzene rings is 7. The molecule has 10 aromatic rings. The summed E-state index contributed by atoms with van der Waals surface area (Å²) in [5.74, 6) is 2.13. The highest BCUT2D eigenvalue weighted by Gasteiger charge is 2.30. The molecule has 6 heteroatoms. The van der Waals surface area contributed by atoms with Gasteiger partial charge in [0.2, 0.25) is 0 Å². The third-order valence-electron chi connectivity index (χ3n) is 11.0. The maximum atomic E-state index is 15.2. The van der Waals surface area contributed by atoms with Gasteiger partial charge in [-0.2, -0.15) is 0 Å². The molecular weight excluding hydrogens is 718 g/mol. The van der Waals surface area contributed by atoms with Gasteiger partial charge in [-0.25, -0.2) is 4.98 Å². The van der Waals surface area contributed by atoms with Gasteiger partial charge in [0.1, 0.15) is 17.3 Å². The first-order valence-electron chi connectivity index (χ1n) is 19.3. The van der Waals surface area contributed by atoms with Crippen LogP contribution >= 0.6 is 7.14 Å². The first-order valence-corrected chi connectivity index (χ1v) is 21.0. The lowest BCUT2D eigenvalue weighted by atomic mass is 9.88. The van der Waals surface area contributed by atoms with E-state index in [-0.39, 0.29) is 5.41 Å². The molecule has 0 radical (unpaired) electrons. The predicted molar refractivity (Wildman–Crippen MR) is 238 cm³/mol. The third-order valence-corrected chi connectivity index (χ3v) is 14.1. The Bertz CT molecular complexity index is 3120. The summed E-state index contributed by atoms with van der Waals surface area (Å²) in [6, 6.07) is 61.6. The number of para-hydroxylation sites is 2. The number of hydrogen-bond acceptors (Lipinski definition) is 3. The second-order valence-electron chi connectivity index (χ2n) is 15.6. The molecule has 0 N–H and O–H groups in total. The molecule has 10 rings (SSSR count). The van der Waals surface area contributed by atoms with Crippen molar-refractivity contribution in [1.29, 1.82) is 0 Å². The van der Waals surface area contributed by atoms with Gasteiger partial charge in [0, 0.05) is 55.4 Å². The number of nitrogens with zero attached hydrogens (tertiary/aromatic N) is 3. The second-order valence-corrected chi connectivity index (χ2v) is 18.4. The van der Waals surface area contributed by atoms with Crippen molar-refractivity contribution >= 4 is 66.7 Å². The van der Waals surface area contributed by atoms with Gasteiger partial charge in [0.15, 0.2) is 7.14 Å². The van der Waals surface area contributed by atoms with Gasteiger partial charge in [-0.1, -0.05) is 136 Å². The maximum absolute atomic E-state index is 15.2. The van der Waals surface area contributed by atoms with Gasteiger partial charge in [-0.15, -0.1) is 0 Å². The van der Waals surface area contributed by atoms with E-state index in [9.17, 15) is 0 Å². The molecule has 3 aromatic heterocycles. The molecule has 0 spiro atoms. The van der Waals surface area contributed by atoms with Crippen molar-refractivity contribution in [2.45, 2.75) is 26.2 Å². The summed E-state index contributed by atoms with van der Waals surface area (Å²) in [6.07, 6.45) is 1.91. The van der Waals surface area contributed by atoms with Gasteiger partial charge in [-0.05, 0) is 71.6 Å². The Hall–Kier alpha value is -6.68. The SMILES string of the molecule is CC(C)(C)c1ccnc(-n2c3cc(Oc4cccc(P(=O)(c5ccccc5)c5ccccc5)c4)ccc3c3c2ccc2c4ccccc4n(-c4ccccc4)c23)c1. The smallest absolute Gasteiger partial charge is 0.171 e. The zero-order chi connectivity index (χ0) is 38.7. The summed E-state index contributed by atoms with van der Waals surface area (Å²) in [5.41, 5.74) is 6.58. The van der Waals surface area contributed by atoms with Crippen LogP contribution in [0.15, 0.2) is 188 Å². The zero-order valence-corrected chi connectivity index (χ0v) is 32.9. The second kappa shape index (κ2) is 13.5. The van der Waals surface area contributed by atoms with E-state index >= 15 is 4.57 Å². The molecule has 0 saturated heterocycles. The van der Waals surface area contributed by atoms with Gasteiger partial charge in [0.05, 0.1) is 22.1 Å². The molecule has 57 heavy (non-hydrogen) atoms. The molecule has 0 unspecified atom stereocenters. The number of fused-ring (bicyclic) bond motifs is 7. The van der Waals surface area contributed by atoms with Crippen molar-refractivity contribution in [2.75, 3.05) is 0 Å². The molecule has 5 nitrogen and oxygen atoms in total. The zero-order valence-electron chi connectivity index (χ0n) is 32.0. The maximum Gasteiger partial charge on any atom is 0.171 e. The summed E-state index contributed by atoms with van der Waals surface area (Å²) in [6.45, 7) is 6.69. The Morgan fingerprint density at radius 1 is 0.509 bits per heavy atom. The van der Waals surface area contributed by atoms with Crippen LogP contribution in [0.2, 0.25) is 0 Å². The Balaban J connectivity index is 1.20. The quantitative estimate of drug-likeness (QED) is 0.152. The fourth-order valence-corrected chi connectivity index (χ4v) is 11.0. The van der Waals surface area contributed by atoms with E-state index in [4.69, 9.17) is 9.72 Å². The van der Waals surface area contributed by atoms with E-state index in [0.29, 0.717) is 16.8 Å². The van der Waals surface area contributed by atoms with E-state index in [1.54, 1.807) is 0 Å². The lowest BCUT2D eigenvalue weighted by Crippen LogP contribution is -2.24. The van der Waals surface area contributed by atoms with Crippen molar-refractivity contribution < 1.29 is 9.30 Å². The van der Waals surface area contributed by atoms with Gasteiger partial charge < -0.3 is 13.9 Å². The summed E-state index contributed by atoms with van der Waals surface area (Å²) < 4.78 is 26.6. The summed E-state index contributed by atoms with van der Waals surface area (Å²) in [7, 11) is -3.19. The van der Waals surface area contributed by atoms with Gasteiger partial charge in [-0.3, -0.25) is 4.57 Å². The number of pyridine rings is 1. The highest BCUT2D eigenvalue weighted by Crippen LogP contribution is 2.45. The van der Waals surface area contributed by atoms with E-state index in [1.807, 2.05) is 97.2 Å². The topological polar surface area (TPSA) is 49.1 Å². The Labute approximate surface area is 331 Å². The number of ether oxygens (including phenoxy) is 1. The number of rotatable bonds is 7. The normalized spacial score (nSPS) is 12.2. The standard InChI is InChI=1S/C51H40N3O2P/c1-51(2,3)35-30-31-52-48(32-35)54-46-29-28-43-42-24-13-14-25-45(42)53(36-16-7-4-8-17-36)50(43)49(46)44-27-26-38(34-47(44)54)56-37-18-15-23-41(33-37)57(55,39-19-9-5-10-20-39)40-21-11-6-12-22-40/h4-34H,1-3H3. The minimum absolute atomic E-state index is 0.0678. The van der Waals surface area contributed by atoms with Crippen LogP contribution in [-0.2, 0) is 9.98 Å². The average Bonchev–Trinajstić information content (AvgIpc) is 3.77. The van der Waals surface area contributed by atoms with Crippen LogP contribution in [0.4, 0.5) is 0 Å². The Morgan fingerprint density at radius 3 is 1.86 bits per heavy atom. The van der Waals surface area contributed by atoms with Crippen molar-refractivity contribution in [3.05, 3.63) is 194 Å². The largest absolute Gasteiger partial charge is 0.457 e. The number of aromatic nitrogens is 3. The monoisotopic (exact) mass is 757 g/mol. The van der Waals surface area contributed by atoms with Crippen LogP contribution in [0.5, 0.6) is 11.5 Å². The molecular formula is C51H40N3O2P. The van der Waals surface area contributed by atoms with Crippen LogP contribution < -0.4 is 20.7 Å². The fraction of sp³-hybridized carbons (Fsp3) is 0.0784. The Morgan fingerprint density at radius 2 is 1.14 bits per heavy atom. The molecule has 0 aliphatic carbocycles. The third kappa shape index (κ3) is 5.77. The average molecular weight is 758 g/mol. The summed E-state index contributed by atoms with van der Waals surface area (Å²) in [5, 5.41) is 6.91.